The van der Waals surface area contributed by atoms with Crippen LogP contribution in [0.2, 0.25) is 0 Å². The van der Waals surface area contributed by atoms with Crippen LogP contribution < -0.4 is 0 Å². The lowest BCUT2D eigenvalue weighted by Gasteiger charge is -2.15. The third-order valence-electron chi connectivity index (χ3n) is 7.95. The molecule has 4 nitrogen and oxygen atoms in total. The maximum atomic E-state index is 10.6. The molecule has 0 fully saturated rings. The van der Waals surface area contributed by atoms with Gasteiger partial charge in [0.15, 0.2) is 0 Å². The topological polar surface area (TPSA) is 73.9 Å². The number of nitrogens with zero attached hydrogens (tertiary/aromatic N) is 2. The van der Waals surface area contributed by atoms with Crippen LogP contribution in [0.15, 0.2) is 130 Å². The number of para-hydroxylation sites is 2. The van der Waals surface area contributed by atoms with Gasteiger partial charge in [0.05, 0.1) is 17.2 Å². The lowest BCUT2D eigenvalue weighted by molar-refractivity contribution is 0.668. The second kappa shape index (κ2) is 9.24. The molecule has 42 heavy (non-hydrogen) atoms. The van der Waals surface area contributed by atoms with Gasteiger partial charge in [-0.25, -0.2) is 0 Å². The van der Waals surface area contributed by atoms with Gasteiger partial charge in [-0.3, -0.25) is 0 Å². The number of fused-ring (bicyclic) bond motifs is 6. The number of benzene rings is 6. The van der Waals surface area contributed by atoms with Crippen LogP contribution in [0.25, 0.3) is 77.3 Å². The Hall–Kier alpha value is -6.10. The summed E-state index contributed by atoms with van der Waals surface area (Å²) in [5.74, 6) is 0. The van der Waals surface area contributed by atoms with Gasteiger partial charge in [-0.2, -0.15) is 10.5 Å². The average Bonchev–Trinajstić information content (AvgIpc) is 3.62. The van der Waals surface area contributed by atoms with Crippen LogP contribution in [0.4, 0.5) is 0 Å². The Morgan fingerprint density at radius 2 is 1.07 bits per heavy atom. The molecule has 0 amide bonds. The predicted molar refractivity (Wildman–Crippen MR) is 167 cm³/mol. The number of rotatable bonds is 3. The van der Waals surface area contributed by atoms with Crippen molar-refractivity contribution in [2.75, 3.05) is 0 Å². The van der Waals surface area contributed by atoms with Crippen molar-refractivity contribution in [2.45, 2.75) is 0 Å². The molecule has 0 radical (unpaired) electrons. The van der Waals surface area contributed by atoms with Crippen LogP contribution in [0.5, 0.6) is 0 Å². The van der Waals surface area contributed by atoms with E-state index in [0.717, 1.165) is 77.3 Å². The van der Waals surface area contributed by atoms with Crippen molar-refractivity contribution in [3.05, 3.63) is 132 Å². The average molecular weight is 537 g/mol. The zero-order valence-electron chi connectivity index (χ0n) is 22.3. The SMILES string of the molecule is N#Cc1cccc(-c2cc(-c3cccc4oc5ccccc5c34)cc(-c3ccc4oc5ccccc5c4c3)c2C#N)c1. The van der Waals surface area contributed by atoms with Crippen LogP contribution in [-0.4, -0.2) is 0 Å². The molecule has 8 rings (SSSR count). The van der Waals surface area contributed by atoms with Crippen LogP contribution in [0, 0.1) is 22.7 Å². The van der Waals surface area contributed by atoms with Gasteiger partial charge in [0.25, 0.3) is 0 Å². The highest BCUT2D eigenvalue weighted by molar-refractivity contribution is 6.13. The van der Waals surface area contributed by atoms with Gasteiger partial charge in [0.1, 0.15) is 28.4 Å². The normalized spacial score (nSPS) is 11.3. The van der Waals surface area contributed by atoms with Crippen molar-refractivity contribution in [3.8, 4) is 45.5 Å². The van der Waals surface area contributed by atoms with Gasteiger partial charge in [-0.05, 0) is 76.9 Å². The first-order valence-electron chi connectivity index (χ1n) is 13.6. The van der Waals surface area contributed by atoms with Crippen molar-refractivity contribution >= 4 is 43.9 Å². The first-order chi connectivity index (χ1) is 20.7. The quantitative estimate of drug-likeness (QED) is 0.225. The molecule has 6 aromatic carbocycles. The summed E-state index contributed by atoms with van der Waals surface area (Å²) >= 11 is 0. The van der Waals surface area contributed by atoms with E-state index < -0.39 is 0 Å². The molecule has 0 aliphatic rings. The van der Waals surface area contributed by atoms with E-state index in [1.54, 1.807) is 6.07 Å². The van der Waals surface area contributed by atoms with E-state index >= 15 is 0 Å². The summed E-state index contributed by atoms with van der Waals surface area (Å²) in [6.45, 7) is 0. The fourth-order valence-corrected chi connectivity index (χ4v) is 6.04. The number of hydrogen-bond acceptors (Lipinski definition) is 4. The molecule has 0 aliphatic heterocycles. The molecule has 0 saturated carbocycles. The summed E-state index contributed by atoms with van der Waals surface area (Å²) < 4.78 is 12.3. The number of nitriles is 2. The minimum Gasteiger partial charge on any atom is -0.456 e. The number of furan rings is 2. The molecule has 0 unspecified atom stereocenters. The van der Waals surface area contributed by atoms with Crippen LogP contribution in [0.3, 0.4) is 0 Å². The third-order valence-corrected chi connectivity index (χ3v) is 7.95. The van der Waals surface area contributed by atoms with Gasteiger partial charge in [-0.1, -0.05) is 66.7 Å². The zero-order chi connectivity index (χ0) is 28.2. The molecular weight excluding hydrogens is 516 g/mol. The molecule has 2 heterocycles. The van der Waals surface area contributed by atoms with Crippen molar-refractivity contribution < 1.29 is 8.83 Å². The Balaban J connectivity index is 1.46. The molecule has 0 bridgehead atoms. The molecule has 4 heteroatoms. The second-order valence-corrected chi connectivity index (χ2v) is 10.3. The summed E-state index contributed by atoms with van der Waals surface area (Å²) in [4.78, 5) is 0. The maximum absolute atomic E-state index is 10.6. The van der Waals surface area contributed by atoms with E-state index in [1.807, 2.05) is 78.9 Å². The minimum absolute atomic E-state index is 0.539. The minimum atomic E-state index is 0.539. The summed E-state index contributed by atoms with van der Waals surface area (Å²) in [5, 5.41) is 24.3. The van der Waals surface area contributed by atoms with E-state index in [1.165, 1.54) is 0 Å². The summed E-state index contributed by atoms with van der Waals surface area (Å²) in [6, 6.07) is 44.5. The van der Waals surface area contributed by atoms with Crippen LogP contribution >= 0.6 is 0 Å². The Labute approximate surface area is 240 Å². The van der Waals surface area contributed by atoms with Crippen LogP contribution in [0.1, 0.15) is 11.1 Å². The molecule has 0 saturated heterocycles. The fraction of sp³-hybridized carbons (Fsp3) is 0. The highest BCUT2D eigenvalue weighted by atomic mass is 16.3. The molecular formula is C38H20N2O2. The van der Waals surface area contributed by atoms with Crippen molar-refractivity contribution in [2.24, 2.45) is 0 Å². The Kier molecular flexibility index (Phi) is 5.22. The smallest absolute Gasteiger partial charge is 0.136 e. The molecule has 0 spiro atoms. The monoisotopic (exact) mass is 536 g/mol. The summed E-state index contributed by atoms with van der Waals surface area (Å²) in [5.41, 5.74) is 9.61. The third kappa shape index (κ3) is 3.60. The fourth-order valence-electron chi connectivity index (χ4n) is 6.04. The molecule has 0 aliphatic carbocycles. The lowest BCUT2D eigenvalue weighted by Crippen LogP contribution is -1.93. The predicted octanol–water partition coefficient (Wildman–Crippen LogP) is 10.2. The lowest BCUT2D eigenvalue weighted by atomic mass is 9.87. The molecule has 0 N–H and O–H groups in total. The Morgan fingerprint density at radius 1 is 0.429 bits per heavy atom. The molecule has 8 aromatic rings. The van der Waals surface area contributed by atoms with Gasteiger partial charge >= 0.3 is 0 Å². The van der Waals surface area contributed by atoms with E-state index in [2.05, 4.69) is 48.5 Å². The standard InChI is InChI=1S/C38H20N2O2/c39-21-23-7-5-8-24(17-23)30-19-26(27-11-6-14-37-38(27)29-10-2-4-13-35(29)42-37)20-31(33(30)22-40)25-15-16-36-32(18-25)28-9-1-3-12-34(28)41-36/h1-20H. The van der Waals surface area contributed by atoms with Gasteiger partial charge in [0.2, 0.25) is 0 Å². The Morgan fingerprint density at radius 3 is 1.86 bits per heavy atom. The Bertz CT molecular complexity index is 2450. The van der Waals surface area contributed by atoms with Gasteiger partial charge in [-0.15, -0.1) is 0 Å². The van der Waals surface area contributed by atoms with Gasteiger partial charge in [0, 0.05) is 32.7 Å². The van der Waals surface area contributed by atoms with Crippen molar-refractivity contribution in [3.63, 3.8) is 0 Å². The van der Waals surface area contributed by atoms with Crippen molar-refractivity contribution in [1.82, 2.24) is 0 Å². The molecule has 0 atom stereocenters. The zero-order valence-corrected chi connectivity index (χ0v) is 22.3. The summed E-state index contributed by atoms with van der Waals surface area (Å²) in [6.07, 6.45) is 0. The second-order valence-electron chi connectivity index (χ2n) is 10.3. The first kappa shape index (κ1) is 23.8. The molecule has 2 aromatic heterocycles. The highest BCUT2D eigenvalue weighted by Gasteiger charge is 2.19. The van der Waals surface area contributed by atoms with E-state index in [-0.39, 0.29) is 0 Å². The first-order valence-corrected chi connectivity index (χ1v) is 13.6. The van der Waals surface area contributed by atoms with E-state index in [4.69, 9.17) is 8.83 Å². The van der Waals surface area contributed by atoms with Crippen molar-refractivity contribution in [1.29, 1.82) is 10.5 Å². The van der Waals surface area contributed by atoms with Crippen LogP contribution in [-0.2, 0) is 0 Å². The van der Waals surface area contributed by atoms with Gasteiger partial charge < -0.3 is 8.83 Å². The summed E-state index contributed by atoms with van der Waals surface area (Å²) in [7, 11) is 0. The van der Waals surface area contributed by atoms with E-state index in [0.29, 0.717) is 11.1 Å². The maximum Gasteiger partial charge on any atom is 0.136 e. The number of hydrogen-bond donors (Lipinski definition) is 0. The highest BCUT2D eigenvalue weighted by Crippen LogP contribution is 2.42. The largest absolute Gasteiger partial charge is 0.456 e. The molecule has 194 valence electrons. The van der Waals surface area contributed by atoms with E-state index in [9.17, 15) is 10.5 Å².